The van der Waals surface area contributed by atoms with Gasteiger partial charge < -0.3 is 9.47 Å². The molecule has 2 aromatic carbocycles. The number of benzene rings is 2. The Morgan fingerprint density at radius 1 is 1.04 bits per heavy atom. The molecule has 2 aromatic rings. The minimum atomic E-state index is -0.593. The fourth-order valence-electron chi connectivity index (χ4n) is 2.70. The van der Waals surface area contributed by atoms with Gasteiger partial charge >= 0.3 is 6.09 Å². The first-order valence-electron chi connectivity index (χ1n) is 7.88. The van der Waals surface area contributed by atoms with Crippen molar-refractivity contribution in [2.45, 2.75) is 19.1 Å². The molecular weight excluding hydrogens is 306 g/mol. The molecule has 0 bridgehead atoms. The van der Waals surface area contributed by atoms with Gasteiger partial charge in [-0.15, -0.1) is 0 Å². The van der Waals surface area contributed by atoms with Gasteiger partial charge in [-0.1, -0.05) is 60.7 Å². The average molecular weight is 325 g/mol. The van der Waals surface area contributed by atoms with Crippen LogP contribution in [-0.2, 0) is 27.3 Å². The largest absolute Gasteiger partial charge is 0.447 e. The van der Waals surface area contributed by atoms with Crippen LogP contribution >= 0.6 is 0 Å². The second kappa shape index (κ2) is 7.75. The standard InChI is InChI=1S/C19H19NO4/c21-18(14-23-12-16-9-5-2-6-10-16)20-17(13-24-19(20)22)11-15-7-3-1-4-8-15/h1-10,17H,11-14H2. The van der Waals surface area contributed by atoms with Crippen LogP contribution in [0.3, 0.4) is 0 Å². The smallest absolute Gasteiger partial charge is 0.417 e. The van der Waals surface area contributed by atoms with Gasteiger partial charge in [-0.25, -0.2) is 9.69 Å². The highest BCUT2D eigenvalue weighted by molar-refractivity contribution is 5.94. The normalized spacial score (nSPS) is 16.9. The number of amides is 2. The second-order valence-corrected chi connectivity index (χ2v) is 5.66. The maximum absolute atomic E-state index is 12.3. The molecule has 1 aliphatic heterocycles. The number of ether oxygens (including phenoxy) is 2. The summed E-state index contributed by atoms with van der Waals surface area (Å²) in [5, 5.41) is 0. The fraction of sp³-hybridized carbons (Fsp3) is 0.263. The van der Waals surface area contributed by atoms with E-state index >= 15 is 0 Å². The number of carbonyl (C=O) groups is 2. The maximum Gasteiger partial charge on any atom is 0.417 e. The van der Waals surface area contributed by atoms with E-state index < -0.39 is 6.09 Å². The average Bonchev–Trinajstić information content (AvgIpc) is 2.97. The molecule has 0 aromatic heterocycles. The first kappa shape index (κ1) is 16.2. The molecule has 5 nitrogen and oxygen atoms in total. The summed E-state index contributed by atoms with van der Waals surface area (Å²) in [7, 11) is 0. The van der Waals surface area contributed by atoms with E-state index in [4.69, 9.17) is 9.47 Å². The third kappa shape index (κ3) is 4.00. The van der Waals surface area contributed by atoms with E-state index in [-0.39, 0.29) is 25.2 Å². The van der Waals surface area contributed by atoms with Gasteiger partial charge in [0.15, 0.2) is 0 Å². The molecule has 24 heavy (non-hydrogen) atoms. The van der Waals surface area contributed by atoms with Crippen molar-refractivity contribution in [3.05, 3.63) is 71.8 Å². The van der Waals surface area contributed by atoms with Gasteiger partial charge in [-0.05, 0) is 17.5 Å². The molecule has 0 aliphatic carbocycles. The summed E-state index contributed by atoms with van der Waals surface area (Å²) in [6, 6.07) is 19.0. The van der Waals surface area contributed by atoms with Gasteiger partial charge in [0.05, 0.1) is 12.6 Å². The minimum absolute atomic E-state index is 0.144. The number of nitrogens with zero attached hydrogens (tertiary/aromatic N) is 1. The quantitative estimate of drug-likeness (QED) is 0.819. The molecule has 1 saturated heterocycles. The van der Waals surface area contributed by atoms with Crippen LogP contribution in [0.5, 0.6) is 0 Å². The lowest BCUT2D eigenvalue weighted by Crippen LogP contribution is -2.42. The molecule has 1 unspecified atom stereocenters. The zero-order chi connectivity index (χ0) is 16.8. The Hall–Kier alpha value is -2.66. The van der Waals surface area contributed by atoms with Crippen molar-refractivity contribution >= 4 is 12.0 Å². The van der Waals surface area contributed by atoms with E-state index in [1.54, 1.807) is 0 Å². The second-order valence-electron chi connectivity index (χ2n) is 5.66. The van der Waals surface area contributed by atoms with E-state index in [1.165, 1.54) is 4.90 Å². The van der Waals surface area contributed by atoms with Crippen LogP contribution in [0.25, 0.3) is 0 Å². The molecule has 1 heterocycles. The van der Waals surface area contributed by atoms with Crippen molar-refractivity contribution in [2.75, 3.05) is 13.2 Å². The lowest BCUT2D eigenvalue weighted by atomic mass is 10.1. The Morgan fingerprint density at radius 2 is 1.67 bits per heavy atom. The van der Waals surface area contributed by atoms with Crippen molar-refractivity contribution in [2.24, 2.45) is 0 Å². The summed E-state index contributed by atoms with van der Waals surface area (Å²) >= 11 is 0. The summed E-state index contributed by atoms with van der Waals surface area (Å²) in [6.45, 7) is 0.409. The summed E-state index contributed by atoms with van der Waals surface area (Å²) in [6.07, 6.45) is -0.0129. The van der Waals surface area contributed by atoms with Gasteiger partial charge in [-0.2, -0.15) is 0 Å². The van der Waals surface area contributed by atoms with Crippen LogP contribution in [-0.4, -0.2) is 36.2 Å². The Labute approximate surface area is 140 Å². The fourth-order valence-corrected chi connectivity index (χ4v) is 2.70. The number of carbonyl (C=O) groups excluding carboxylic acids is 2. The topological polar surface area (TPSA) is 55.8 Å². The minimum Gasteiger partial charge on any atom is -0.447 e. The number of hydrogen-bond acceptors (Lipinski definition) is 4. The van der Waals surface area contributed by atoms with E-state index in [0.717, 1.165) is 11.1 Å². The lowest BCUT2D eigenvalue weighted by Gasteiger charge is -2.19. The molecule has 124 valence electrons. The summed E-state index contributed by atoms with van der Waals surface area (Å²) in [5.41, 5.74) is 2.04. The SMILES string of the molecule is O=C(COCc1ccccc1)N1C(=O)OCC1Cc1ccccc1. The third-order valence-corrected chi connectivity index (χ3v) is 3.88. The molecule has 1 fully saturated rings. The molecule has 0 spiro atoms. The molecule has 0 radical (unpaired) electrons. The van der Waals surface area contributed by atoms with Crippen LogP contribution < -0.4 is 0 Å². The van der Waals surface area contributed by atoms with Gasteiger partial charge in [0.1, 0.15) is 13.2 Å². The number of rotatable bonds is 6. The molecule has 2 amide bonds. The number of cyclic esters (lactones) is 1. The molecule has 5 heteroatoms. The van der Waals surface area contributed by atoms with E-state index in [0.29, 0.717) is 13.0 Å². The molecule has 3 rings (SSSR count). The van der Waals surface area contributed by atoms with Crippen LogP contribution in [0.15, 0.2) is 60.7 Å². The Kier molecular flexibility index (Phi) is 5.23. The molecule has 1 aliphatic rings. The van der Waals surface area contributed by atoms with Gasteiger partial charge in [0, 0.05) is 0 Å². The van der Waals surface area contributed by atoms with Crippen molar-refractivity contribution in [3.63, 3.8) is 0 Å². The predicted molar refractivity (Wildman–Crippen MR) is 88.2 cm³/mol. The van der Waals surface area contributed by atoms with Gasteiger partial charge in [-0.3, -0.25) is 4.79 Å². The Balaban J connectivity index is 1.56. The molecule has 0 N–H and O–H groups in total. The lowest BCUT2D eigenvalue weighted by molar-refractivity contribution is -0.134. The summed E-state index contributed by atoms with van der Waals surface area (Å²) in [4.78, 5) is 25.4. The van der Waals surface area contributed by atoms with Gasteiger partial charge in [0.2, 0.25) is 0 Å². The number of hydrogen-bond donors (Lipinski definition) is 0. The van der Waals surface area contributed by atoms with Crippen LogP contribution in [0, 0.1) is 0 Å². The highest BCUT2D eigenvalue weighted by Crippen LogP contribution is 2.17. The number of imide groups is 1. The molecule has 1 atom stereocenters. The van der Waals surface area contributed by atoms with E-state index in [9.17, 15) is 9.59 Å². The van der Waals surface area contributed by atoms with E-state index in [2.05, 4.69) is 0 Å². The van der Waals surface area contributed by atoms with Gasteiger partial charge in [0.25, 0.3) is 5.91 Å². The van der Waals surface area contributed by atoms with Crippen LogP contribution in [0.1, 0.15) is 11.1 Å². The zero-order valence-corrected chi connectivity index (χ0v) is 13.3. The van der Waals surface area contributed by atoms with Crippen molar-refractivity contribution in [3.8, 4) is 0 Å². The molecule has 0 saturated carbocycles. The first-order valence-corrected chi connectivity index (χ1v) is 7.88. The summed E-state index contributed by atoms with van der Waals surface area (Å²) < 4.78 is 10.5. The van der Waals surface area contributed by atoms with Crippen LogP contribution in [0.2, 0.25) is 0 Å². The summed E-state index contributed by atoms with van der Waals surface area (Å²) in [5.74, 6) is -0.366. The molecular formula is C19H19NO4. The Bertz CT molecular complexity index is 687. The third-order valence-electron chi connectivity index (χ3n) is 3.88. The highest BCUT2D eigenvalue weighted by Gasteiger charge is 2.37. The Morgan fingerprint density at radius 3 is 2.33 bits per heavy atom. The zero-order valence-electron chi connectivity index (χ0n) is 13.3. The van der Waals surface area contributed by atoms with Crippen molar-refractivity contribution in [1.82, 2.24) is 4.90 Å². The van der Waals surface area contributed by atoms with E-state index in [1.807, 2.05) is 60.7 Å². The highest BCUT2D eigenvalue weighted by atomic mass is 16.6. The van der Waals surface area contributed by atoms with Crippen molar-refractivity contribution in [1.29, 1.82) is 0 Å². The maximum atomic E-state index is 12.3. The predicted octanol–water partition coefficient (Wildman–Crippen LogP) is 2.79. The first-order chi connectivity index (χ1) is 11.7. The van der Waals surface area contributed by atoms with Crippen LogP contribution in [0.4, 0.5) is 4.79 Å². The monoisotopic (exact) mass is 325 g/mol. The van der Waals surface area contributed by atoms with Crippen molar-refractivity contribution < 1.29 is 19.1 Å².